The van der Waals surface area contributed by atoms with Crippen LogP contribution in [0, 0.1) is 6.92 Å². The first kappa shape index (κ1) is 21.8. The average molecular weight is 446 g/mol. The van der Waals surface area contributed by atoms with Gasteiger partial charge in [0.1, 0.15) is 0 Å². The zero-order valence-corrected chi connectivity index (χ0v) is 17.6. The van der Waals surface area contributed by atoms with Crippen LogP contribution in [0.1, 0.15) is 17.8 Å². The second-order valence-corrected chi connectivity index (χ2v) is 7.15. The van der Waals surface area contributed by atoms with Gasteiger partial charge in [-0.05, 0) is 54.6 Å². The third kappa shape index (κ3) is 4.77. The van der Waals surface area contributed by atoms with Crippen molar-refractivity contribution in [3.8, 4) is 16.8 Å². The van der Waals surface area contributed by atoms with Crippen molar-refractivity contribution < 1.29 is 8.78 Å². The number of nitrogens with zero attached hydrogens (tertiary/aromatic N) is 5. The van der Waals surface area contributed by atoms with Gasteiger partial charge in [-0.3, -0.25) is 4.79 Å². The lowest BCUT2D eigenvalue weighted by Gasteiger charge is -2.12. The number of aliphatic imine (C=N–C) groups is 1. The Morgan fingerprint density at radius 2 is 1.91 bits per heavy atom. The van der Waals surface area contributed by atoms with Crippen molar-refractivity contribution in [2.45, 2.75) is 13.5 Å². The van der Waals surface area contributed by atoms with E-state index in [1.807, 2.05) is 43.3 Å². The van der Waals surface area contributed by atoms with E-state index >= 15 is 0 Å². The second kappa shape index (κ2) is 9.39. The Morgan fingerprint density at radius 1 is 1.12 bits per heavy atom. The van der Waals surface area contributed by atoms with E-state index in [-0.39, 0.29) is 11.1 Å². The summed E-state index contributed by atoms with van der Waals surface area (Å²) in [5, 5.41) is 8.18. The first-order chi connectivity index (χ1) is 16.0. The van der Waals surface area contributed by atoms with Crippen molar-refractivity contribution >= 4 is 11.4 Å². The molecule has 0 aliphatic heterocycles. The molecule has 2 aromatic heterocycles. The van der Waals surface area contributed by atoms with Gasteiger partial charge in [0.25, 0.3) is 0 Å². The molecule has 0 bridgehead atoms. The zero-order valence-electron chi connectivity index (χ0n) is 17.6. The quantitative estimate of drug-likeness (QED) is 0.445. The standard InChI is InChI=1S/C24H20F2N6O/c1-16-13-17(18-14-28-32(15-18)24(25)26)7-8-21(16)31-12-10-22(33)23(30-31)20(9-11-27)29-19-5-3-2-4-6-19/h2-15,24H,27H2,1H3. The van der Waals surface area contributed by atoms with Crippen LogP contribution in [0.5, 0.6) is 0 Å². The Morgan fingerprint density at radius 3 is 2.58 bits per heavy atom. The molecular weight excluding hydrogens is 426 g/mol. The fraction of sp³-hybridized carbons (Fsp3) is 0.0833. The van der Waals surface area contributed by atoms with E-state index in [1.54, 1.807) is 23.0 Å². The lowest BCUT2D eigenvalue weighted by Crippen LogP contribution is -2.20. The summed E-state index contributed by atoms with van der Waals surface area (Å²) in [4.78, 5) is 17.1. The highest BCUT2D eigenvalue weighted by atomic mass is 19.3. The van der Waals surface area contributed by atoms with Crippen molar-refractivity contribution in [3.05, 3.63) is 107 Å². The first-order valence-corrected chi connectivity index (χ1v) is 10.0. The van der Waals surface area contributed by atoms with Crippen molar-refractivity contribution in [2.24, 2.45) is 10.7 Å². The summed E-state index contributed by atoms with van der Waals surface area (Å²) in [6.45, 7) is -0.827. The van der Waals surface area contributed by atoms with Crippen molar-refractivity contribution in [2.75, 3.05) is 0 Å². The number of allylic oxidation sites excluding steroid dienone is 1. The number of para-hydroxylation sites is 1. The van der Waals surface area contributed by atoms with Gasteiger partial charge in [-0.1, -0.05) is 24.3 Å². The summed E-state index contributed by atoms with van der Waals surface area (Å²) < 4.78 is 27.8. The molecule has 0 fully saturated rings. The van der Waals surface area contributed by atoms with Gasteiger partial charge in [-0.2, -0.15) is 19.0 Å². The van der Waals surface area contributed by atoms with Crippen LogP contribution in [0.3, 0.4) is 0 Å². The summed E-state index contributed by atoms with van der Waals surface area (Å²) in [5.74, 6) is 0. The minimum absolute atomic E-state index is 0.143. The average Bonchev–Trinajstić information content (AvgIpc) is 3.31. The molecule has 2 aromatic carbocycles. The van der Waals surface area contributed by atoms with Crippen LogP contribution in [-0.4, -0.2) is 25.3 Å². The molecule has 0 unspecified atom stereocenters. The molecule has 9 heteroatoms. The Kier molecular flexibility index (Phi) is 6.21. The summed E-state index contributed by atoms with van der Waals surface area (Å²) in [7, 11) is 0. The molecule has 0 amide bonds. The molecule has 4 rings (SSSR count). The van der Waals surface area contributed by atoms with E-state index in [2.05, 4.69) is 15.2 Å². The molecule has 0 radical (unpaired) electrons. The zero-order chi connectivity index (χ0) is 23.4. The van der Waals surface area contributed by atoms with Gasteiger partial charge in [0.05, 0.1) is 23.3 Å². The first-order valence-electron chi connectivity index (χ1n) is 10.0. The molecule has 4 aromatic rings. The van der Waals surface area contributed by atoms with Crippen molar-refractivity contribution in [1.82, 2.24) is 19.6 Å². The number of aromatic nitrogens is 4. The molecular formula is C24H20F2N6O. The van der Waals surface area contributed by atoms with Crippen LogP contribution in [0.25, 0.3) is 16.8 Å². The highest BCUT2D eigenvalue weighted by molar-refractivity contribution is 6.08. The summed E-state index contributed by atoms with van der Waals surface area (Å²) >= 11 is 0. The number of rotatable bonds is 6. The van der Waals surface area contributed by atoms with Crippen LogP contribution in [0.15, 0.2) is 95.3 Å². The van der Waals surface area contributed by atoms with Gasteiger partial charge >= 0.3 is 6.55 Å². The number of halogens is 2. The molecule has 166 valence electrons. The van der Waals surface area contributed by atoms with E-state index in [4.69, 9.17) is 5.73 Å². The lowest BCUT2D eigenvalue weighted by atomic mass is 10.1. The number of benzene rings is 2. The smallest absolute Gasteiger partial charge is 0.333 e. The monoisotopic (exact) mass is 446 g/mol. The van der Waals surface area contributed by atoms with E-state index in [0.29, 0.717) is 21.6 Å². The molecule has 33 heavy (non-hydrogen) atoms. The number of nitrogens with two attached hydrogens (primary N) is 1. The van der Waals surface area contributed by atoms with E-state index in [0.717, 1.165) is 16.8 Å². The molecule has 0 saturated carbocycles. The lowest BCUT2D eigenvalue weighted by molar-refractivity contribution is 0.0566. The van der Waals surface area contributed by atoms with Gasteiger partial charge < -0.3 is 5.73 Å². The van der Waals surface area contributed by atoms with Crippen LogP contribution >= 0.6 is 0 Å². The summed E-state index contributed by atoms with van der Waals surface area (Å²) in [5.41, 5.74) is 9.28. The van der Waals surface area contributed by atoms with E-state index in [9.17, 15) is 13.6 Å². The van der Waals surface area contributed by atoms with Gasteiger partial charge in [-0.25, -0.2) is 14.4 Å². The van der Waals surface area contributed by atoms with Crippen LogP contribution in [-0.2, 0) is 0 Å². The fourth-order valence-electron chi connectivity index (χ4n) is 3.31. The predicted molar refractivity (Wildman–Crippen MR) is 123 cm³/mol. The highest BCUT2D eigenvalue weighted by Gasteiger charge is 2.13. The highest BCUT2D eigenvalue weighted by Crippen LogP contribution is 2.25. The maximum atomic E-state index is 12.8. The number of hydrogen-bond donors (Lipinski definition) is 1. The maximum Gasteiger partial charge on any atom is 0.333 e. The number of alkyl halides is 2. The van der Waals surface area contributed by atoms with Crippen LogP contribution in [0.2, 0.25) is 0 Å². The normalized spacial score (nSPS) is 12.1. The molecule has 2 N–H and O–H groups in total. The topological polar surface area (TPSA) is 91.1 Å². The minimum atomic E-state index is -2.70. The maximum absolute atomic E-state index is 12.8. The van der Waals surface area contributed by atoms with Gasteiger partial charge in [-0.15, -0.1) is 0 Å². The molecule has 2 heterocycles. The Hall–Kier alpha value is -4.40. The number of hydrogen-bond acceptors (Lipinski definition) is 5. The largest absolute Gasteiger partial charge is 0.405 e. The predicted octanol–water partition coefficient (Wildman–Crippen LogP) is 4.39. The fourth-order valence-corrected chi connectivity index (χ4v) is 3.31. The Balaban J connectivity index is 1.74. The van der Waals surface area contributed by atoms with Crippen LogP contribution in [0.4, 0.5) is 14.5 Å². The SMILES string of the molecule is Cc1cc(-c2cnn(C(F)F)c2)ccc1-n1ccc(=O)c(C(C=CN)=Nc2ccccc2)n1. The van der Waals surface area contributed by atoms with Gasteiger partial charge in [0, 0.05) is 24.0 Å². The molecule has 0 aliphatic rings. The third-order valence-electron chi connectivity index (χ3n) is 4.89. The molecule has 7 nitrogen and oxygen atoms in total. The minimum Gasteiger partial charge on any atom is -0.405 e. The molecule has 0 spiro atoms. The summed E-state index contributed by atoms with van der Waals surface area (Å²) in [6.07, 6.45) is 7.08. The van der Waals surface area contributed by atoms with Crippen molar-refractivity contribution in [3.63, 3.8) is 0 Å². The molecule has 0 atom stereocenters. The van der Waals surface area contributed by atoms with E-state index in [1.165, 1.54) is 30.7 Å². The second-order valence-electron chi connectivity index (χ2n) is 7.15. The Bertz CT molecular complexity index is 1390. The molecule has 0 aliphatic carbocycles. The van der Waals surface area contributed by atoms with Crippen molar-refractivity contribution in [1.29, 1.82) is 0 Å². The molecule has 0 saturated heterocycles. The van der Waals surface area contributed by atoms with E-state index < -0.39 is 6.55 Å². The third-order valence-corrected chi connectivity index (χ3v) is 4.89. The Labute approximate surface area is 188 Å². The number of aryl methyl sites for hydroxylation is 1. The van der Waals surface area contributed by atoms with Gasteiger partial charge in [0.2, 0.25) is 5.43 Å². The van der Waals surface area contributed by atoms with Crippen LogP contribution < -0.4 is 11.2 Å². The van der Waals surface area contributed by atoms with Gasteiger partial charge in [0.15, 0.2) is 5.69 Å². The summed E-state index contributed by atoms with van der Waals surface area (Å²) in [6, 6.07) is 16.0.